The third kappa shape index (κ3) is 2.93. The summed E-state index contributed by atoms with van der Waals surface area (Å²) >= 11 is 0. The Hall–Kier alpha value is -3.29. The Morgan fingerprint density at radius 1 is 0.920 bits per heavy atom. The van der Waals surface area contributed by atoms with Gasteiger partial charge in [0.2, 0.25) is 11.5 Å². The molecular formula is C17H19NO7. The summed E-state index contributed by atoms with van der Waals surface area (Å²) in [5, 5.41) is 32.6. The van der Waals surface area contributed by atoms with Crippen molar-refractivity contribution in [2.75, 3.05) is 33.7 Å². The van der Waals surface area contributed by atoms with Gasteiger partial charge in [-0.15, -0.1) is 0 Å². The molecule has 2 aromatic rings. The second-order valence-electron chi connectivity index (χ2n) is 4.98. The molecule has 8 nitrogen and oxygen atoms in total. The summed E-state index contributed by atoms with van der Waals surface area (Å²) in [6.45, 7) is 0. The summed E-state index contributed by atoms with van der Waals surface area (Å²) < 4.78 is 15.5. The highest BCUT2D eigenvalue weighted by Crippen LogP contribution is 2.47. The molecule has 0 unspecified atom stereocenters. The van der Waals surface area contributed by atoms with Gasteiger partial charge in [-0.1, -0.05) is 0 Å². The molecule has 0 bridgehead atoms. The van der Waals surface area contributed by atoms with Crippen LogP contribution in [-0.2, 0) is 0 Å². The van der Waals surface area contributed by atoms with Gasteiger partial charge in [0.05, 0.1) is 32.6 Å². The summed E-state index contributed by atoms with van der Waals surface area (Å²) in [6.07, 6.45) is 0. The molecule has 0 aliphatic rings. The van der Waals surface area contributed by atoms with Crippen molar-refractivity contribution in [1.82, 2.24) is 0 Å². The second kappa shape index (κ2) is 7.08. The monoisotopic (exact) mass is 349 g/mol. The van der Waals surface area contributed by atoms with E-state index in [0.29, 0.717) is 0 Å². The fraction of sp³-hybridized carbons (Fsp3) is 0.235. The van der Waals surface area contributed by atoms with Crippen LogP contribution in [0.1, 0.15) is 15.9 Å². The molecule has 25 heavy (non-hydrogen) atoms. The minimum atomic E-state index is -0.614. The SMILES string of the molecule is CNc1c(C(=O)c2cc(OC)c(OC)c(OC)c2O)ccc(O)c1O. The Balaban J connectivity index is 2.71. The van der Waals surface area contributed by atoms with Gasteiger partial charge in [-0.2, -0.15) is 0 Å². The van der Waals surface area contributed by atoms with Gasteiger partial charge in [-0.05, 0) is 18.2 Å². The highest BCUT2D eigenvalue weighted by molar-refractivity contribution is 6.15. The molecule has 0 saturated heterocycles. The van der Waals surface area contributed by atoms with E-state index < -0.39 is 17.3 Å². The number of anilines is 1. The van der Waals surface area contributed by atoms with Crippen LogP contribution in [0.3, 0.4) is 0 Å². The van der Waals surface area contributed by atoms with Crippen LogP contribution in [0, 0.1) is 0 Å². The molecule has 2 aromatic carbocycles. The normalized spacial score (nSPS) is 10.2. The van der Waals surface area contributed by atoms with E-state index in [1.54, 1.807) is 0 Å². The lowest BCUT2D eigenvalue weighted by molar-refractivity contribution is 0.103. The Kier molecular flexibility index (Phi) is 5.11. The van der Waals surface area contributed by atoms with Crippen molar-refractivity contribution in [2.24, 2.45) is 0 Å². The zero-order valence-electron chi connectivity index (χ0n) is 14.2. The first-order valence-electron chi connectivity index (χ1n) is 7.20. The maximum absolute atomic E-state index is 12.9. The minimum Gasteiger partial charge on any atom is -0.504 e. The summed E-state index contributed by atoms with van der Waals surface area (Å²) in [5.74, 6) is -1.62. The number of benzene rings is 2. The van der Waals surface area contributed by atoms with E-state index in [1.807, 2.05) is 0 Å². The molecule has 2 rings (SSSR count). The first-order chi connectivity index (χ1) is 11.9. The van der Waals surface area contributed by atoms with Gasteiger partial charge in [0.15, 0.2) is 28.8 Å². The van der Waals surface area contributed by atoms with Crippen molar-refractivity contribution in [3.63, 3.8) is 0 Å². The Bertz CT molecular complexity index is 817. The van der Waals surface area contributed by atoms with E-state index in [9.17, 15) is 20.1 Å². The molecule has 0 atom stereocenters. The van der Waals surface area contributed by atoms with Crippen LogP contribution >= 0.6 is 0 Å². The predicted molar refractivity (Wildman–Crippen MR) is 90.5 cm³/mol. The van der Waals surface area contributed by atoms with Crippen LogP contribution in [0.25, 0.3) is 0 Å². The Morgan fingerprint density at radius 3 is 2.08 bits per heavy atom. The third-order valence-electron chi connectivity index (χ3n) is 3.70. The number of phenolic OH excluding ortho intramolecular Hbond substituents is 3. The van der Waals surface area contributed by atoms with Gasteiger partial charge in [-0.3, -0.25) is 4.79 Å². The van der Waals surface area contributed by atoms with Crippen LogP contribution in [0.15, 0.2) is 18.2 Å². The molecule has 0 spiro atoms. The van der Waals surface area contributed by atoms with Gasteiger partial charge in [0.1, 0.15) is 0 Å². The van der Waals surface area contributed by atoms with Crippen molar-refractivity contribution in [3.8, 4) is 34.5 Å². The quantitative estimate of drug-likeness (QED) is 0.463. The van der Waals surface area contributed by atoms with E-state index in [4.69, 9.17) is 14.2 Å². The number of methoxy groups -OCH3 is 3. The van der Waals surface area contributed by atoms with Gasteiger partial charge in [0, 0.05) is 12.6 Å². The number of ketones is 1. The van der Waals surface area contributed by atoms with Crippen LogP contribution in [0.2, 0.25) is 0 Å². The first-order valence-corrected chi connectivity index (χ1v) is 7.20. The molecule has 0 aromatic heterocycles. The molecule has 134 valence electrons. The number of nitrogens with one attached hydrogen (secondary N) is 1. The van der Waals surface area contributed by atoms with Gasteiger partial charge in [-0.25, -0.2) is 0 Å². The molecule has 4 N–H and O–H groups in total. The summed E-state index contributed by atoms with van der Waals surface area (Å²) in [4.78, 5) is 12.9. The number of hydrogen-bond donors (Lipinski definition) is 4. The third-order valence-corrected chi connectivity index (χ3v) is 3.70. The van der Waals surface area contributed by atoms with E-state index in [0.717, 1.165) is 0 Å². The van der Waals surface area contributed by atoms with Crippen molar-refractivity contribution >= 4 is 11.5 Å². The fourth-order valence-corrected chi connectivity index (χ4v) is 2.48. The number of rotatable bonds is 6. The topological polar surface area (TPSA) is 117 Å². The van der Waals surface area contributed by atoms with E-state index in [2.05, 4.69) is 5.32 Å². The molecule has 0 aliphatic carbocycles. The standard InChI is InChI=1S/C17H19NO7/c1-18-12-8(5-6-10(19)15(12)22)13(20)9-7-11(23-2)16(24-3)17(25-4)14(9)21/h5-7,18-19,21-22H,1-4H3. The minimum absolute atomic E-state index is 0.0261. The van der Waals surface area contributed by atoms with Gasteiger partial charge in [0.25, 0.3) is 0 Å². The molecule has 0 saturated carbocycles. The van der Waals surface area contributed by atoms with Gasteiger partial charge < -0.3 is 34.8 Å². The van der Waals surface area contributed by atoms with Gasteiger partial charge >= 0.3 is 0 Å². The molecule has 0 aliphatic heterocycles. The van der Waals surface area contributed by atoms with Crippen LogP contribution in [0.4, 0.5) is 5.69 Å². The number of phenols is 3. The number of aromatic hydroxyl groups is 3. The van der Waals surface area contributed by atoms with E-state index in [-0.39, 0.29) is 39.8 Å². The van der Waals surface area contributed by atoms with Crippen LogP contribution in [-0.4, -0.2) is 49.5 Å². The lowest BCUT2D eigenvalue weighted by Crippen LogP contribution is -2.08. The number of carbonyl (C=O) groups is 1. The van der Waals surface area contributed by atoms with Crippen LogP contribution < -0.4 is 19.5 Å². The maximum Gasteiger partial charge on any atom is 0.207 e. The average Bonchev–Trinajstić information content (AvgIpc) is 2.62. The zero-order chi connectivity index (χ0) is 18.7. The van der Waals surface area contributed by atoms with Crippen molar-refractivity contribution in [3.05, 3.63) is 29.3 Å². The fourth-order valence-electron chi connectivity index (χ4n) is 2.48. The van der Waals surface area contributed by atoms with Crippen molar-refractivity contribution < 1.29 is 34.3 Å². The molecule has 0 radical (unpaired) electrons. The molecule has 0 amide bonds. The summed E-state index contributed by atoms with van der Waals surface area (Å²) in [6, 6.07) is 3.81. The van der Waals surface area contributed by atoms with Crippen LogP contribution in [0.5, 0.6) is 34.5 Å². The molecule has 0 heterocycles. The number of carbonyl (C=O) groups excluding carboxylic acids is 1. The summed E-state index contributed by atoms with van der Waals surface area (Å²) in [7, 11) is 5.56. The number of hydrogen-bond acceptors (Lipinski definition) is 8. The average molecular weight is 349 g/mol. The summed E-state index contributed by atoms with van der Waals surface area (Å²) in [5.41, 5.74) is -0.0448. The highest BCUT2D eigenvalue weighted by atomic mass is 16.5. The smallest absolute Gasteiger partial charge is 0.207 e. The van der Waals surface area contributed by atoms with Crippen molar-refractivity contribution in [1.29, 1.82) is 0 Å². The predicted octanol–water partition coefficient (Wildman–Crippen LogP) is 2.10. The van der Waals surface area contributed by atoms with Crippen molar-refractivity contribution in [2.45, 2.75) is 0 Å². The van der Waals surface area contributed by atoms with E-state index >= 15 is 0 Å². The lowest BCUT2D eigenvalue weighted by atomic mass is 9.98. The zero-order valence-corrected chi connectivity index (χ0v) is 14.2. The molecule has 0 fully saturated rings. The largest absolute Gasteiger partial charge is 0.504 e. The van der Waals surface area contributed by atoms with E-state index in [1.165, 1.54) is 46.6 Å². The highest BCUT2D eigenvalue weighted by Gasteiger charge is 2.27. The Labute approximate surface area is 144 Å². The lowest BCUT2D eigenvalue weighted by Gasteiger charge is -2.17. The number of ether oxygens (including phenoxy) is 3. The Morgan fingerprint density at radius 2 is 1.56 bits per heavy atom. The molecular weight excluding hydrogens is 330 g/mol. The second-order valence-corrected chi connectivity index (χ2v) is 4.98. The maximum atomic E-state index is 12.9. The molecule has 8 heteroatoms. The first kappa shape index (κ1) is 18.1.